The van der Waals surface area contributed by atoms with Gasteiger partial charge in [0.05, 0.1) is 10.5 Å². The van der Waals surface area contributed by atoms with Gasteiger partial charge in [-0.05, 0) is 43.2 Å². The number of nitrogens with zero attached hydrogens (tertiary/aromatic N) is 1. The van der Waals surface area contributed by atoms with Gasteiger partial charge in [0, 0.05) is 12.0 Å². The van der Waals surface area contributed by atoms with E-state index in [2.05, 4.69) is 5.32 Å². The van der Waals surface area contributed by atoms with Crippen LogP contribution in [0.4, 0.5) is 11.4 Å². The van der Waals surface area contributed by atoms with E-state index in [4.69, 9.17) is 5.11 Å². The average molecular weight is 290 g/mol. The van der Waals surface area contributed by atoms with Crippen LogP contribution < -0.4 is 5.32 Å². The third kappa shape index (κ3) is 2.58. The normalized spacial score (nSPS) is 26.0. The Morgan fingerprint density at radius 1 is 1.24 bits per heavy atom. The fourth-order valence-corrected chi connectivity index (χ4v) is 3.09. The van der Waals surface area contributed by atoms with Crippen LogP contribution in [0.3, 0.4) is 0 Å². The molecule has 2 aliphatic carbocycles. The number of hydrogen-bond donors (Lipinski definition) is 2. The quantitative estimate of drug-likeness (QED) is 0.653. The summed E-state index contributed by atoms with van der Waals surface area (Å²) in [5.74, 6) is -0.261. The number of aromatic carboxylic acids is 1. The van der Waals surface area contributed by atoms with Gasteiger partial charge in [-0.1, -0.05) is 0 Å². The summed E-state index contributed by atoms with van der Waals surface area (Å²) >= 11 is 0. The van der Waals surface area contributed by atoms with Crippen LogP contribution in [-0.4, -0.2) is 21.9 Å². The molecule has 21 heavy (non-hydrogen) atoms. The summed E-state index contributed by atoms with van der Waals surface area (Å²) in [4.78, 5) is 33.3. The minimum absolute atomic E-state index is 0.0515. The summed E-state index contributed by atoms with van der Waals surface area (Å²) in [6.07, 6.45) is 2.88. The highest BCUT2D eigenvalue weighted by molar-refractivity contribution is 5.96. The second kappa shape index (κ2) is 4.83. The minimum Gasteiger partial charge on any atom is -0.478 e. The molecular formula is C14H14N2O5. The number of amides is 1. The van der Waals surface area contributed by atoms with Crippen LogP contribution in [0.15, 0.2) is 18.2 Å². The lowest BCUT2D eigenvalue weighted by Crippen LogP contribution is -2.22. The van der Waals surface area contributed by atoms with E-state index in [9.17, 15) is 19.7 Å². The lowest BCUT2D eigenvalue weighted by atomic mass is 10.0. The zero-order valence-corrected chi connectivity index (χ0v) is 11.1. The number of nitro groups is 1. The molecule has 0 aromatic heterocycles. The van der Waals surface area contributed by atoms with Gasteiger partial charge >= 0.3 is 5.97 Å². The Kier molecular flexibility index (Phi) is 3.12. The van der Waals surface area contributed by atoms with E-state index >= 15 is 0 Å². The molecular weight excluding hydrogens is 276 g/mol. The number of rotatable bonds is 4. The predicted molar refractivity (Wildman–Crippen MR) is 73.0 cm³/mol. The van der Waals surface area contributed by atoms with E-state index in [1.165, 1.54) is 18.6 Å². The standard InChI is InChI=1S/C14H14N2O5/c17-13(10-4-8-3-9(8)5-10)15-11-2-1-7(14(18)19)6-12(11)16(20)21/h1-2,6,8-10H,3-5H2,(H,15,17)(H,18,19). The summed E-state index contributed by atoms with van der Waals surface area (Å²) in [6, 6.07) is 3.48. The maximum atomic E-state index is 12.1. The lowest BCUT2D eigenvalue weighted by molar-refractivity contribution is -0.384. The Balaban J connectivity index is 1.79. The first-order chi connectivity index (χ1) is 9.95. The molecule has 2 atom stereocenters. The van der Waals surface area contributed by atoms with Crippen LogP contribution in [0.1, 0.15) is 29.6 Å². The maximum Gasteiger partial charge on any atom is 0.335 e. The summed E-state index contributed by atoms with van der Waals surface area (Å²) in [7, 11) is 0. The van der Waals surface area contributed by atoms with Crippen LogP contribution in [0.25, 0.3) is 0 Å². The van der Waals surface area contributed by atoms with Crippen LogP contribution in [0, 0.1) is 27.9 Å². The van der Waals surface area contributed by atoms with Crippen molar-refractivity contribution in [2.45, 2.75) is 19.3 Å². The van der Waals surface area contributed by atoms with E-state index in [0.717, 1.165) is 18.9 Å². The van der Waals surface area contributed by atoms with Gasteiger partial charge in [0.25, 0.3) is 5.69 Å². The zero-order valence-electron chi connectivity index (χ0n) is 11.1. The Hall–Kier alpha value is -2.44. The molecule has 7 nitrogen and oxygen atoms in total. The molecule has 2 fully saturated rings. The molecule has 2 aliphatic rings. The van der Waals surface area contributed by atoms with Crippen LogP contribution in [0.5, 0.6) is 0 Å². The Morgan fingerprint density at radius 2 is 1.90 bits per heavy atom. The molecule has 1 amide bonds. The zero-order chi connectivity index (χ0) is 15.1. The van der Waals surface area contributed by atoms with Crippen molar-refractivity contribution in [1.82, 2.24) is 0 Å². The Morgan fingerprint density at radius 3 is 2.48 bits per heavy atom. The van der Waals surface area contributed by atoms with Crippen LogP contribution >= 0.6 is 0 Å². The summed E-state index contributed by atoms with van der Waals surface area (Å²) < 4.78 is 0. The molecule has 3 rings (SSSR count). The third-order valence-corrected chi connectivity index (χ3v) is 4.31. The molecule has 0 radical (unpaired) electrons. The molecule has 2 saturated carbocycles. The van der Waals surface area contributed by atoms with Crippen molar-refractivity contribution in [3.63, 3.8) is 0 Å². The molecule has 0 heterocycles. The second-order valence-corrected chi connectivity index (χ2v) is 5.71. The number of carbonyl (C=O) groups excluding carboxylic acids is 1. The smallest absolute Gasteiger partial charge is 0.335 e. The molecule has 2 N–H and O–H groups in total. The van der Waals surface area contributed by atoms with Gasteiger partial charge in [-0.25, -0.2) is 4.79 Å². The monoisotopic (exact) mass is 290 g/mol. The van der Waals surface area contributed by atoms with Crippen molar-refractivity contribution < 1.29 is 19.6 Å². The number of hydrogen-bond acceptors (Lipinski definition) is 4. The van der Waals surface area contributed by atoms with E-state index in [1.54, 1.807) is 0 Å². The molecule has 0 spiro atoms. The second-order valence-electron chi connectivity index (χ2n) is 5.71. The summed E-state index contributed by atoms with van der Waals surface area (Å²) in [5, 5.41) is 22.4. The van der Waals surface area contributed by atoms with E-state index in [0.29, 0.717) is 11.8 Å². The van der Waals surface area contributed by atoms with Crippen molar-refractivity contribution in [2.24, 2.45) is 17.8 Å². The number of benzene rings is 1. The van der Waals surface area contributed by atoms with Crippen molar-refractivity contribution in [1.29, 1.82) is 0 Å². The van der Waals surface area contributed by atoms with Gasteiger partial charge in [0.1, 0.15) is 5.69 Å². The lowest BCUT2D eigenvalue weighted by Gasteiger charge is -2.12. The van der Waals surface area contributed by atoms with Gasteiger partial charge in [0.2, 0.25) is 5.91 Å². The van der Waals surface area contributed by atoms with Gasteiger partial charge in [-0.15, -0.1) is 0 Å². The van der Waals surface area contributed by atoms with Crippen LogP contribution in [-0.2, 0) is 4.79 Å². The highest BCUT2D eigenvalue weighted by atomic mass is 16.6. The summed E-state index contributed by atoms with van der Waals surface area (Å²) in [6.45, 7) is 0. The topological polar surface area (TPSA) is 110 Å². The molecule has 110 valence electrons. The first kappa shape index (κ1) is 13.5. The van der Waals surface area contributed by atoms with Crippen molar-refractivity contribution in [3.8, 4) is 0 Å². The Bertz CT molecular complexity index is 632. The molecule has 1 aromatic carbocycles. The van der Waals surface area contributed by atoms with Crippen molar-refractivity contribution >= 4 is 23.3 Å². The molecule has 2 unspecified atom stereocenters. The first-order valence-corrected chi connectivity index (χ1v) is 6.78. The van der Waals surface area contributed by atoms with Crippen LogP contribution in [0.2, 0.25) is 0 Å². The average Bonchev–Trinajstić information content (AvgIpc) is 3.05. The molecule has 0 saturated heterocycles. The predicted octanol–water partition coefficient (Wildman–Crippen LogP) is 2.28. The van der Waals surface area contributed by atoms with Gasteiger partial charge < -0.3 is 10.4 Å². The highest BCUT2D eigenvalue weighted by Gasteiger charge is 2.48. The van der Waals surface area contributed by atoms with Gasteiger partial charge in [-0.3, -0.25) is 14.9 Å². The van der Waals surface area contributed by atoms with E-state index < -0.39 is 16.6 Å². The van der Waals surface area contributed by atoms with Gasteiger partial charge in [0.15, 0.2) is 0 Å². The van der Waals surface area contributed by atoms with E-state index in [-0.39, 0.29) is 23.1 Å². The molecule has 0 aliphatic heterocycles. The fourth-order valence-electron chi connectivity index (χ4n) is 3.09. The largest absolute Gasteiger partial charge is 0.478 e. The number of carbonyl (C=O) groups is 2. The van der Waals surface area contributed by atoms with Crippen molar-refractivity contribution in [2.75, 3.05) is 5.32 Å². The molecule has 7 heteroatoms. The number of carboxylic acids is 1. The fraction of sp³-hybridized carbons (Fsp3) is 0.429. The maximum absolute atomic E-state index is 12.1. The molecule has 1 aromatic rings. The molecule has 0 bridgehead atoms. The number of carboxylic acid groups (broad SMARTS) is 1. The number of nitrogens with one attached hydrogen (secondary N) is 1. The number of fused-ring (bicyclic) bond motifs is 1. The first-order valence-electron chi connectivity index (χ1n) is 6.78. The SMILES string of the molecule is O=C(O)c1ccc(NC(=O)C2CC3CC3C2)c([N+](=O)[O-])c1. The minimum atomic E-state index is -1.24. The number of nitro benzene ring substituents is 1. The third-order valence-electron chi connectivity index (χ3n) is 4.31. The van der Waals surface area contributed by atoms with Crippen molar-refractivity contribution in [3.05, 3.63) is 33.9 Å². The summed E-state index contributed by atoms with van der Waals surface area (Å²) in [5.41, 5.74) is -0.524. The number of anilines is 1. The highest BCUT2D eigenvalue weighted by Crippen LogP contribution is 2.54. The van der Waals surface area contributed by atoms with E-state index in [1.807, 2.05) is 0 Å². The Labute approximate surface area is 120 Å². The van der Waals surface area contributed by atoms with Gasteiger partial charge in [-0.2, -0.15) is 0 Å².